The van der Waals surface area contributed by atoms with E-state index in [-0.39, 0.29) is 5.78 Å². The van der Waals surface area contributed by atoms with Crippen LogP contribution < -0.4 is 10.1 Å². The molecule has 1 aliphatic carbocycles. The molecule has 3 aromatic rings. The zero-order chi connectivity index (χ0) is 23.8. The summed E-state index contributed by atoms with van der Waals surface area (Å²) in [6, 6.07) is 22.9. The summed E-state index contributed by atoms with van der Waals surface area (Å²) in [6.45, 7) is 3.90. The summed E-state index contributed by atoms with van der Waals surface area (Å²) < 4.78 is 6.06. The van der Waals surface area contributed by atoms with Gasteiger partial charge in [-0.3, -0.25) is 4.79 Å². The molecule has 0 amide bonds. The molecule has 0 aliphatic heterocycles. The molecule has 0 saturated carbocycles. The number of hydrogen-bond donors (Lipinski definition) is 2. The van der Waals surface area contributed by atoms with Gasteiger partial charge in [-0.1, -0.05) is 72.3 Å². The Labute approximate surface area is 201 Å². The Morgan fingerprint density at radius 1 is 1.03 bits per heavy atom. The van der Waals surface area contributed by atoms with Crippen molar-refractivity contribution in [2.45, 2.75) is 32.9 Å². The fourth-order valence-electron chi connectivity index (χ4n) is 4.00. The first-order chi connectivity index (χ1) is 16.6. The Balaban J connectivity index is 1.25. The summed E-state index contributed by atoms with van der Waals surface area (Å²) in [5.41, 5.74) is 8.60. The van der Waals surface area contributed by atoms with Gasteiger partial charge in [0.2, 0.25) is 0 Å². The Kier molecular flexibility index (Phi) is 8.08. The number of nitrogens with one attached hydrogen (secondary N) is 1. The van der Waals surface area contributed by atoms with Crippen LogP contribution in [0.3, 0.4) is 0 Å². The lowest BCUT2D eigenvalue weighted by Crippen LogP contribution is -2.14. The molecule has 4 nitrogen and oxygen atoms in total. The van der Waals surface area contributed by atoms with Gasteiger partial charge < -0.3 is 15.2 Å². The predicted molar refractivity (Wildman–Crippen MR) is 138 cm³/mol. The lowest BCUT2D eigenvalue weighted by atomic mass is 10.0. The molecule has 0 atom stereocenters. The SMILES string of the molecule is Cc1ccc(COc2ccc3c(c2)C(CCNCc2ccc(/C=C/C(=O)CO)cc2)=CC3)cc1. The van der Waals surface area contributed by atoms with Gasteiger partial charge in [0.15, 0.2) is 5.78 Å². The highest BCUT2D eigenvalue weighted by Gasteiger charge is 2.14. The Morgan fingerprint density at radius 3 is 2.56 bits per heavy atom. The van der Waals surface area contributed by atoms with Crippen LogP contribution in [0, 0.1) is 6.92 Å². The molecule has 0 aromatic heterocycles. The molecule has 2 N–H and O–H groups in total. The third-order valence-electron chi connectivity index (χ3n) is 6.02. The fraction of sp³-hybridized carbons (Fsp3) is 0.233. The van der Waals surface area contributed by atoms with Gasteiger partial charge in [-0.2, -0.15) is 0 Å². The van der Waals surface area contributed by atoms with Crippen LogP contribution in [0.4, 0.5) is 0 Å². The number of aliphatic hydroxyl groups is 1. The predicted octanol–water partition coefficient (Wildman–Crippen LogP) is 5.27. The van der Waals surface area contributed by atoms with Gasteiger partial charge in [0.05, 0.1) is 0 Å². The number of aryl methyl sites for hydroxylation is 1. The molecule has 0 radical (unpaired) electrons. The minimum Gasteiger partial charge on any atom is -0.489 e. The van der Waals surface area contributed by atoms with Crippen LogP contribution in [0.1, 0.15) is 39.8 Å². The van der Waals surface area contributed by atoms with Crippen molar-refractivity contribution in [3.63, 3.8) is 0 Å². The zero-order valence-corrected chi connectivity index (χ0v) is 19.6. The van der Waals surface area contributed by atoms with Gasteiger partial charge in [-0.25, -0.2) is 0 Å². The van der Waals surface area contributed by atoms with Crippen LogP contribution in [0.2, 0.25) is 0 Å². The van der Waals surface area contributed by atoms with Crippen molar-refractivity contribution in [2.24, 2.45) is 0 Å². The average molecular weight is 454 g/mol. The molecule has 4 heteroatoms. The molecule has 34 heavy (non-hydrogen) atoms. The normalized spacial score (nSPS) is 12.6. The minimum absolute atomic E-state index is 0.293. The van der Waals surface area contributed by atoms with Crippen molar-refractivity contribution in [2.75, 3.05) is 13.2 Å². The Hall–Kier alpha value is -3.47. The topological polar surface area (TPSA) is 58.6 Å². The lowest BCUT2D eigenvalue weighted by molar-refractivity contribution is -0.117. The standard InChI is InChI=1S/C30H31NO3/c1-22-2-4-25(5-3-22)21-34-29-15-13-26-11-12-27(30(26)18-29)16-17-31-19-24-8-6-23(7-9-24)10-14-28(33)20-32/h2-10,12-15,18,31-32H,11,16-17,19-21H2,1H3/b14-10+. The first-order valence-electron chi connectivity index (χ1n) is 11.7. The van der Waals surface area contributed by atoms with Crippen molar-refractivity contribution in [1.29, 1.82) is 0 Å². The van der Waals surface area contributed by atoms with Gasteiger partial charge >= 0.3 is 0 Å². The van der Waals surface area contributed by atoms with Crippen molar-refractivity contribution >= 4 is 17.4 Å². The van der Waals surface area contributed by atoms with Crippen LogP contribution in [0.15, 0.2) is 78.9 Å². The molecule has 1 aliphatic rings. The fourth-order valence-corrected chi connectivity index (χ4v) is 4.00. The third-order valence-corrected chi connectivity index (χ3v) is 6.02. The molecule has 0 fully saturated rings. The minimum atomic E-state index is -0.457. The molecule has 4 rings (SSSR count). The highest BCUT2D eigenvalue weighted by Crippen LogP contribution is 2.32. The van der Waals surface area contributed by atoms with E-state index >= 15 is 0 Å². The van der Waals surface area contributed by atoms with Crippen LogP contribution in [0.25, 0.3) is 11.6 Å². The molecule has 174 valence electrons. The molecule has 0 heterocycles. The van der Waals surface area contributed by atoms with Gasteiger partial charge in [0.1, 0.15) is 19.0 Å². The lowest BCUT2D eigenvalue weighted by Gasteiger charge is -2.11. The Morgan fingerprint density at radius 2 is 1.79 bits per heavy atom. The van der Waals surface area contributed by atoms with E-state index in [1.54, 1.807) is 6.08 Å². The summed E-state index contributed by atoms with van der Waals surface area (Å²) >= 11 is 0. The van der Waals surface area contributed by atoms with E-state index in [0.29, 0.717) is 6.61 Å². The number of hydrogen-bond acceptors (Lipinski definition) is 4. The molecule has 3 aromatic carbocycles. The second-order valence-electron chi connectivity index (χ2n) is 8.65. The maximum Gasteiger partial charge on any atom is 0.181 e. The van der Waals surface area contributed by atoms with Crippen molar-refractivity contribution in [3.05, 3.63) is 112 Å². The Bertz CT molecular complexity index is 1170. The van der Waals surface area contributed by atoms with E-state index in [2.05, 4.69) is 72.9 Å². The molecule has 0 spiro atoms. The second-order valence-corrected chi connectivity index (χ2v) is 8.65. The van der Waals surface area contributed by atoms with Crippen LogP contribution >= 0.6 is 0 Å². The van der Waals surface area contributed by atoms with E-state index in [9.17, 15) is 4.79 Å². The van der Waals surface area contributed by atoms with Gasteiger partial charge in [-0.15, -0.1) is 0 Å². The number of aliphatic hydroxyl groups excluding tert-OH is 1. The number of rotatable bonds is 11. The van der Waals surface area contributed by atoms with Gasteiger partial charge in [0.25, 0.3) is 0 Å². The number of ether oxygens (including phenoxy) is 1. The average Bonchev–Trinajstić information content (AvgIpc) is 3.27. The van der Waals surface area contributed by atoms with Crippen molar-refractivity contribution in [3.8, 4) is 5.75 Å². The summed E-state index contributed by atoms with van der Waals surface area (Å²) in [4.78, 5) is 11.2. The van der Waals surface area contributed by atoms with Crippen molar-refractivity contribution in [1.82, 2.24) is 5.32 Å². The molecular weight excluding hydrogens is 422 g/mol. The number of fused-ring (bicyclic) bond motifs is 1. The van der Waals surface area contributed by atoms with Crippen LogP contribution in [-0.2, 0) is 24.4 Å². The molecule has 0 saturated heterocycles. The molecule has 0 bridgehead atoms. The van der Waals surface area contributed by atoms with Crippen LogP contribution in [-0.4, -0.2) is 24.0 Å². The summed E-state index contributed by atoms with van der Waals surface area (Å²) in [5.74, 6) is 0.619. The van der Waals surface area contributed by atoms with E-state index < -0.39 is 6.61 Å². The van der Waals surface area contributed by atoms with E-state index in [1.165, 1.54) is 39.5 Å². The maximum atomic E-state index is 11.2. The summed E-state index contributed by atoms with van der Waals surface area (Å²) in [5, 5.41) is 12.3. The van der Waals surface area contributed by atoms with E-state index in [0.717, 1.165) is 37.2 Å². The molecule has 0 unspecified atom stereocenters. The number of benzene rings is 3. The smallest absolute Gasteiger partial charge is 0.181 e. The summed E-state index contributed by atoms with van der Waals surface area (Å²) in [6.07, 6.45) is 7.40. The quantitative estimate of drug-likeness (QED) is 0.307. The van der Waals surface area contributed by atoms with E-state index in [1.807, 2.05) is 12.1 Å². The first kappa shape index (κ1) is 23.7. The number of allylic oxidation sites excluding steroid dienone is 1. The highest BCUT2D eigenvalue weighted by atomic mass is 16.5. The number of carbonyl (C=O) groups is 1. The number of ketones is 1. The largest absolute Gasteiger partial charge is 0.489 e. The number of carbonyl (C=O) groups excluding carboxylic acids is 1. The van der Waals surface area contributed by atoms with Gasteiger partial charge in [-0.05, 0) is 77.9 Å². The second kappa shape index (κ2) is 11.6. The summed E-state index contributed by atoms with van der Waals surface area (Å²) in [7, 11) is 0. The maximum absolute atomic E-state index is 11.2. The van der Waals surface area contributed by atoms with Crippen LogP contribution in [0.5, 0.6) is 5.75 Å². The zero-order valence-electron chi connectivity index (χ0n) is 19.6. The monoisotopic (exact) mass is 453 g/mol. The molecular formula is C30H31NO3. The highest BCUT2D eigenvalue weighted by molar-refractivity contribution is 5.94. The van der Waals surface area contributed by atoms with Gasteiger partial charge in [0, 0.05) is 6.54 Å². The third kappa shape index (κ3) is 6.53. The van der Waals surface area contributed by atoms with E-state index in [4.69, 9.17) is 9.84 Å². The van der Waals surface area contributed by atoms with Crippen molar-refractivity contribution < 1.29 is 14.6 Å². The first-order valence-corrected chi connectivity index (χ1v) is 11.7.